The number of benzene rings is 2. The second-order valence-electron chi connectivity index (χ2n) is 5.59. The summed E-state index contributed by atoms with van der Waals surface area (Å²) in [6.07, 6.45) is 1.74. The summed E-state index contributed by atoms with van der Waals surface area (Å²) in [6, 6.07) is 11.0. The van der Waals surface area contributed by atoms with Gasteiger partial charge in [0, 0.05) is 14.7 Å². The number of halogens is 2. The number of carbonyl (C=O) groups is 2. The van der Waals surface area contributed by atoms with E-state index >= 15 is 0 Å². The first kappa shape index (κ1) is 17.7. The fraction of sp³-hybridized carbons (Fsp3) is 0.111. The van der Waals surface area contributed by atoms with Crippen molar-refractivity contribution in [3.63, 3.8) is 0 Å². The molecule has 0 saturated carbocycles. The highest BCUT2D eigenvalue weighted by Gasteiger charge is 2.35. The zero-order chi connectivity index (χ0) is 18.3. The van der Waals surface area contributed by atoms with Crippen LogP contribution in [0.25, 0.3) is 6.08 Å². The zero-order valence-electron chi connectivity index (χ0n) is 13.2. The van der Waals surface area contributed by atoms with Gasteiger partial charge in [0.25, 0.3) is 11.1 Å². The number of nitrogens with zero attached hydrogens (tertiary/aromatic N) is 1. The molecule has 0 N–H and O–H groups in total. The van der Waals surface area contributed by atoms with Crippen molar-refractivity contribution in [2.24, 2.45) is 0 Å². The van der Waals surface area contributed by atoms with Crippen LogP contribution in [0, 0.1) is 3.57 Å². The van der Waals surface area contributed by atoms with Crippen molar-refractivity contribution in [3.8, 4) is 11.5 Å². The van der Waals surface area contributed by atoms with Crippen LogP contribution in [0.2, 0.25) is 5.02 Å². The number of hydrogen-bond acceptors (Lipinski definition) is 5. The summed E-state index contributed by atoms with van der Waals surface area (Å²) in [4.78, 5) is 26.6. The van der Waals surface area contributed by atoms with Gasteiger partial charge in [-0.1, -0.05) is 29.8 Å². The van der Waals surface area contributed by atoms with Crippen molar-refractivity contribution in [1.29, 1.82) is 0 Å². The van der Waals surface area contributed by atoms with Crippen molar-refractivity contribution in [2.75, 3.05) is 6.79 Å². The summed E-state index contributed by atoms with van der Waals surface area (Å²) in [5.74, 6) is 0.797. The van der Waals surface area contributed by atoms with Crippen LogP contribution in [0.1, 0.15) is 11.1 Å². The standard InChI is InChI=1S/C18H11ClINO4S/c19-12-7-15-14(24-9-25-15)5-11(12)8-21-17(22)16(26-18(21)23)6-10-3-1-2-4-13(10)20/h1-7H,8-9H2/b16-6-. The molecular weight excluding hydrogens is 489 g/mol. The Morgan fingerprint density at radius 3 is 2.69 bits per heavy atom. The predicted octanol–water partition coefficient (Wildman–Crippen LogP) is 4.91. The van der Waals surface area contributed by atoms with Crippen LogP contribution in [0.5, 0.6) is 11.5 Å². The Kier molecular flexibility index (Phi) is 4.85. The monoisotopic (exact) mass is 499 g/mol. The maximum absolute atomic E-state index is 12.7. The third-order valence-corrected chi connectivity index (χ3v) is 6.18. The first-order chi connectivity index (χ1) is 12.5. The van der Waals surface area contributed by atoms with Crippen LogP contribution in [-0.4, -0.2) is 22.8 Å². The Bertz CT molecular complexity index is 962. The SMILES string of the molecule is O=C1S/C(=C\c2ccccc2I)C(=O)N1Cc1cc2c(cc1Cl)OCO2. The number of ether oxygens (including phenoxy) is 2. The van der Waals surface area contributed by atoms with Gasteiger partial charge in [0.05, 0.1) is 11.4 Å². The van der Waals surface area contributed by atoms with Crippen LogP contribution in [0.15, 0.2) is 41.3 Å². The minimum Gasteiger partial charge on any atom is -0.454 e. The molecular formula is C18H11ClINO4S. The number of amides is 2. The Hall–Kier alpha value is -1.71. The number of hydrogen-bond donors (Lipinski definition) is 0. The lowest BCUT2D eigenvalue weighted by Gasteiger charge is -2.14. The third-order valence-electron chi connectivity index (χ3n) is 3.94. The first-order valence-corrected chi connectivity index (χ1v) is 9.88. The maximum atomic E-state index is 12.7. The molecule has 0 radical (unpaired) electrons. The molecule has 4 rings (SSSR count). The van der Waals surface area contributed by atoms with Gasteiger partial charge in [0.1, 0.15) is 0 Å². The van der Waals surface area contributed by atoms with Gasteiger partial charge in [0.2, 0.25) is 6.79 Å². The lowest BCUT2D eigenvalue weighted by molar-refractivity contribution is -0.123. The Morgan fingerprint density at radius 1 is 1.19 bits per heavy atom. The van der Waals surface area contributed by atoms with E-state index in [1.807, 2.05) is 24.3 Å². The van der Waals surface area contributed by atoms with Crippen LogP contribution >= 0.6 is 46.0 Å². The summed E-state index contributed by atoms with van der Waals surface area (Å²) in [7, 11) is 0. The van der Waals surface area contributed by atoms with E-state index in [4.69, 9.17) is 21.1 Å². The van der Waals surface area contributed by atoms with Crippen molar-refractivity contribution in [1.82, 2.24) is 4.90 Å². The quantitative estimate of drug-likeness (QED) is 0.444. The van der Waals surface area contributed by atoms with Gasteiger partial charge in [-0.25, -0.2) is 0 Å². The normalized spacial score (nSPS) is 17.5. The molecule has 5 nitrogen and oxygen atoms in total. The smallest absolute Gasteiger partial charge is 0.293 e. The van der Waals surface area contributed by atoms with E-state index in [9.17, 15) is 9.59 Å². The van der Waals surface area contributed by atoms with E-state index in [1.54, 1.807) is 18.2 Å². The molecule has 2 aliphatic rings. The molecule has 2 aliphatic heterocycles. The summed E-state index contributed by atoms with van der Waals surface area (Å²) >= 11 is 9.39. The molecule has 1 saturated heterocycles. The molecule has 0 spiro atoms. The molecule has 0 aromatic heterocycles. The van der Waals surface area contributed by atoms with E-state index in [0.29, 0.717) is 27.0 Å². The lowest BCUT2D eigenvalue weighted by Crippen LogP contribution is -2.27. The summed E-state index contributed by atoms with van der Waals surface area (Å²) in [5, 5.41) is 0.107. The van der Waals surface area contributed by atoms with E-state index in [2.05, 4.69) is 22.6 Å². The Balaban J connectivity index is 1.60. The molecule has 2 amide bonds. The largest absolute Gasteiger partial charge is 0.454 e. The lowest BCUT2D eigenvalue weighted by atomic mass is 10.1. The number of imide groups is 1. The highest BCUT2D eigenvalue weighted by Crippen LogP contribution is 2.39. The first-order valence-electron chi connectivity index (χ1n) is 7.61. The Labute approximate surface area is 172 Å². The number of carbonyl (C=O) groups excluding carboxylic acids is 2. The van der Waals surface area contributed by atoms with Gasteiger partial charge in [-0.15, -0.1) is 0 Å². The van der Waals surface area contributed by atoms with Crippen LogP contribution < -0.4 is 9.47 Å². The molecule has 0 atom stereocenters. The van der Waals surface area contributed by atoms with Crippen LogP contribution in [-0.2, 0) is 11.3 Å². The molecule has 0 unspecified atom stereocenters. The fourth-order valence-corrected chi connectivity index (χ4v) is 4.21. The maximum Gasteiger partial charge on any atom is 0.293 e. The van der Waals surface area contributed by atoms with Gasteiger partial charge in [-0.2, -0.15) is 0 Å². The van der Waals surface area contributed by atoms with Gasteiger partial charge < -0.3 is 9.47 Å². The summed E-state index contributed by atoms with van der Waals surface area (Å²) in [6.45, 7) is 0.221. The van der Waals surface area contributed by atoms with Gasteiger partial charge >= 0.3 is 0 Å². The zero-order valence-corrected chi connectivity index (χ0v) is 16.9. The second-order valence-corrected chi connectivity index (χ2v) is 8.15. The van der Waals surface area contributed by atoms with Gasteiger partial charge in [0.15, 0.2) is 11.5 Å². The molecule has 26 heavy (non-hydrogen) atoms. The van der Waals surface area contributed by atoms with E-state index in [1.165, 1.54) is 4.90 Å². The van der Waals surface area contributed by atoms with Crippen molar-refractivity contribution in [2.45, 2.75) is 6.54 Å². The average Bonchev–Trinajstić information content (AvgIpc) is 3.16. The van der Waals surface area contributed by atoms with E-state index < -0.39 is 0 Å². The van der Waals surface area contributed by atoms with Gasteiger partial charge in [-0.3, -0.25) is 14.5 Å². The van der Waals surface area contributed by atoms with Crippen molar-refractivity contribution >= 4 is 63.2 Å². The highest BCUT2D eigenvalue weighted by atomic mass is 127. The fourth-order valence-electron chi connectivity index (χ4n) is 2.62. The number of rotatable bonds is 3. The molecule has 0 aliphatic carbocycles. The third kappa shape index (κ3) is 3.30. The molecule has 0 bridgehead atoms. The molecule has 1 fully saturated rings. The second kappa shape index (κ2) is 7.13. The topological polar surface area (TPSA) is 55.8 Å². The molecule has 2 heterocycles. The summed E-state index contributed by atoms with van der Waals surface area (Å²) < 4.78 is 11.6. The molecule has 2 aromatic rings. The summed E-state index contributed by atoms with van der Waals surface area (Å²) in [5.41, 5.74) is 1.54. The van der Waals surface area contributed by atoms with Crippen LogP contribution in [0.4, 0.5) is 4.79 Å². The number of thioether (sulfide) groups is 1. The van der Waals surface area contributed by atoms with Crippen LogP contribution in [0.3, 0.4) is 0 Å². The molecule has 132 valence electrons. The van der Waals surface area contributed by atoms with Gasteiger partial charge in [-0.05, 0) is 63.7 Å². The number of fused-ring (bicyclic) bond motifs is 1. The molecule has 2 aromatic carbocycles. The van der Waals surface area contributed by atoms with E-state index in [-0.39, 0.29) is 24.5 Å². The minimum atomic E-state index is -0.326. The van der Waals surface area contributed by atoms with E-state index in [0.717, 1.165) is 20.9 Å². The Morgan fingerprint density at radius 2 is 1.92 bits per heavy atom. The van der Waals surface area contributed by atoms with Crippen molar-refractivity contribution in [3.05, 3.63) is 61.0 Å². The van der Waals surface area contributed by atoms with Crippen molar-refractivity contribution < 1.29 is 19.1 Å². The molecule has 8 heteroatoms. The highest BCUT2D eigenvalue weighted by molar-refractivity contribution is 14.1. The predicted molar refractivity (Wildman–Crippen MR) is 108 cm³/mol. The minimum absolute atomic E-state index is 0.0867. The average molecular weight is 500 g/mol.